The number of fused-ring (bicyclic) bond motifs is 1. The molecule has 2 N–H and O–H groups in total. The van der Waals surface area contributed by atoms with Crippen LogP contribution in [0.5, 0.6) is 0 Å². The molecule has 0 saturated carbocycles. The maximum atomic E-state index is 13.3. The Bertz CT molecular complexity index is 1430. The molecule has 4 rings (SSSR count). The number of esters is 1. The van der Waals surface area contributed by atoms with Gasteiger partial charge in [0.05, 0.1) is 28.8 Å². The van der Waals surface area contributed by atoms with E-state index in [1.165, 1.54) is 34.4 Å². The molecule has 218 valence electrons. The van der Waals surface area contributed by atoms with Gasteiger partial charge in [0.2, 0.25) is 5.91 Å². The third-order valence-corrected chi connectivity index (χ3v) is 9.04. The van der Waals surface area contributed by atoms with Gasteiger partial charge in [0.15, 0.2) is 0 Å². The van der Waals surface area contributed by atoms with Crippen LogP contribution >= 0.6 is 34.4 Å². The zero-order valence-electron chi connectivity index (χ0n) is 23.6. The Balaban J connectivity index is 1.47. The highest BCUT2D eigenvalue weighted by Crippen LogP contribution is 2.39. The summed E-state index contributed by atoms with van der Waals surface area (Å²) in [6.07, 6.45) is 0.0299. The van der Waals surface area contributed by atoms with Crippen molar-refractivity contribution < 1.29 is 28.7 Å². The number of anilines is 2. The minimum absolute atomic E-state index is 0.189. The van der Waals surface area contributed by atoms with Crippen molar-refractivity contribution in [1.82, 2.24) is 4.90 Å². The molecule has 3 amide bonds. The van der Waals surface area contributed by atoms with Gasteiger partial charge in [-0.15, -0.1) is 34.4 Å². The SMILES string of the molecule is CCOC(=O)c1c(NC(=O)C(C)Sc2cccc(NC(=O)c3cccs3)c2)sc2c1CCN(C(=O)OC(C)(C)C)C2. The number of nitrogens with one attached hydrogen (secondary N) is 2. The number of hydrogen-bond acceptors (Lipinski definition) is 9. The minimum Gasteiger partial charge on any atom is -0.462 e. The quantitative estimate of drug-likeness (QED) is 0.215. The fraction of sp³-hybridized carbons (Fsp3) is 0.379. The average molecular weight is 616 g/mol. The Morgan fingerprint density at radius 3 is 2.59 bits per heavy atom. The second-order valence-electron chi connectivity index (χ2n) is 10.3. The Morgan fingerprint density at radius 2 is 1.90 bits per heavy atom. The fourth-order valence-corrected chi connectivity index (χ4v) is 6.91. The highest BCUT2D eigenvalue weighted by Gasteiger charge is 2.33. The van der Waals surface area contributed by atoms with Crippen LogP contribution in [0.1, 0.15) is 65.1 Å². The summed E-state index contributed by atoms with van der Waals surface area (Å²) in [5.74, 6) is -0.969. The van der Waals surface area contributed by atoms with Gasteiger partial charge in [0.25, 0.3) is 5.91 Å². The van der Waals surface area contributed by atoms with E-state index in [0.717, 1.165) is 15.3 Å². The van der Waals surface area contributed by atoms with E-state index >= 15 is 0 Å². The molecule has 0 radical (unpaired) electrons. The summed E-state index contributed by atoms with van der Waals surface area (Å²) < 4.78 is 10.8. The summed E-state index contributed by atoms with van der Waals surface area (Å²) in [4.78, 5) is 55.1. The second kappa shape index (κ2) is 13.1. The number of nitrogens with zero attached hydrogens (tertiary/aromatic N) is 1. The summed E-state index contributed by atoms with van der Waals surface area (Å²) >= 11 is 3.98. The molecule has 0 fully saturated rings. The Labute approximate surface area is 251 Å². The monoisotopic (exact) mass is 615 g/mol. The number of thioether (sulfide) groups is 1. The van der Waals surface area contributed by atoms with E-state index in [1.54, 1.807) is 30.9 Å². The minimum atomic E-state index is -0.620. The third kappa shape index (κ3) is 7.90. The lowest BCUT2D eigenvalue weighted by Crippen LogP contribution is -2.39. The molecule has 9 nitrogen and oxygen atoms in total. The van der Waals surface area contributed by atoms with E-state index in [-0.39, 0.29) is 25.0 Å². The predicted molar refractivity (Wildman–Crippen MR) is 163 cm³/mol. The second-order valence-corrected chi connectivity index (χ2v) is 13.8. The summed E-state index contributed by atoms with van der Waals surface area (Å²) in [6, 6.07) is 10.9. The Kier molecular flexibility index (Phi) is 9.77. The molecule has 1 unspecified atom stereocenters. The van der Waals surface area contributed by atoms with Gasteiger partial charge < -0.3 is 25.0 Å². The number of benzene rings is 1. The van der Waals surface area contributed by atoms with Crippen molar-refractivity contribution >= 4 is 69.0 Å². The molecular weight excluding hydrogens is 583 g/mol. The number of thiophene rings is 2. The van der Waals surface area contributed by atoms with E-state index < -0.39 is 22.9 Å². The smallest absolute Gasteiger partial charge is 0.410 e. The molecule has 12 heteroatoms. The highest BCUT2D eigenvalue weighted by atomic mass is 32.2. The highest BCUT2D eigenvalue weighted by molar-refractivity contribution is 8.00. The molecule has 3 heterocycles. The molecule has 1 aliphatic heterocycles. The van der Waals surface area contributed by atoms with Gasteiger partial charge in [0.1, 0.15) is 10.6 Å². The van der Waals surface area contributed by atoms with Crippen LogP contribution in [0.4, 0.5) is 15.5 Å². The largest absolute Gasteiger partial charge is 0.462 e. The lowest BCUT2D eigenvalue weighted by atomic mass is 10.0. The van der Waals surface area contributed by atoms with Crippen LogP contribution in [0.25, 0.3) is 0 Å². The van der Waals surface area contributed by atoms with Crippen LogP contribution in [0.2, 0.25) is 0 Å². The summed E-state index contributed by atoms with van der Waals surface area (Å²) in [7, 11) is 0. The molecule has 0 aliphatic carbocycles. The number of hydrogen-bond donors (Lipinski definition) is 2. The molecule has 0 spiro atoms. The number of ether oxygens (including phenoxy) is 2. The molecule has 2 aromatic heterocycles. The first kappa shape index (κ1) is 30.6. The summed E-state index contributed by atoms with van der Waals surface area (Å²) in [5.41, 5.74) is 1.15. The molecule has 1 aliphatic rings. The van der Waals surface area contributed by atoms with Crippen molar-refractivity contribution in [3.63, 3.8) is 0 Å². The van der Waals surface area contributed by atoms with Crippen LogP contribution in [0.15, 0.2) is 46.7 Å². The molecule has 3 aromatic rings. The van der Waals surface area contributed by atoms with Crippen LogP contribution in [-0.2, 0) is 27.2 Å². The standard InChI is InChI=1S/C29H33N3O6S3/c1-6-37-27(35)23-20-12-13-32(28(36)38-29(3,4)5)16-22(20)41-26(23)31-24(33)17(2)40-19-10-7-9-18(15-19)30-25(34)21-11-8-14-39-21/h7-11,14-15,17H,6,12-13,16H2,1-5H3,(H,30,34)(H,31,33). The van der Waals surface area contributed by atoms with Gasteiger partial charge in [-0.25, -0.2) is 9.59 Å². The van der Waals surface area contributed by atoms with Crippen molar-refractivity contribution in [2.24, 2.45) is 0 Å². The van der Waals surface area contributed by atoms with E-state index in [1.807, 2.05) is 50.4 Å². The van der Waals surface area contributed by atoms with Gasteiger partial charge in [-0.2, -0.15) is 0 Å². The van der Waals surface area contributed by atoms with Crippen LogP contribution in [-0.4, -0.2) is 52.8 Å². The molecule has 1 atom stereocenters. The molecule has 0 bridgehead atoms. The van der Waals surface area contributed by atoms with Gasteiger partial charge in [-0.1, -0.05) is 12.1 Å². The van der Waals surface area contributed by atoms with Crippen molar-refractivity contribution in [1.29, 1.82) is 0 Å². The van der Waals surface area contributed by atoms with Crippen molar-refractivity contribution in [3.8, 4) is 0 Å². The Hall–Kier alpha value is -3.35. The lowest BCUT2D eigenvalue weighted by Gasteiger charge is -2.30. The molecule has 41 heavy (non-hydrogen) atoms. The van der Waals surface area contributed by atoms with Crippen molar-refractivity contribution in [3.05, 3.63) is 62.7 Å². The molecule has 0 saturated heterocycles. The first-order chi connectivity index (χ1) is 19.4. The van der Waals surface area contributed by atoms with Gasteiger partial charge in [-0.05, 0) is 76.2 Å². The van der Waals surface area contributed by atoms with E-state index in [0.29, 0.717) is 34.1 Å². The van der Waals surface area contributed by atoms with E-state index in [9.17, 15) is 19.2 Å². The number of amides is 3. The zero-order chi connectivity index (χ0) is 29.7. The zero-order valence-corrected chi connectivity index (χ0v) is 26.0. The lowest BCUT2D eigenvalue weighted by molar-refractivity contribution is -0.115. The van der Waals surface area contributed by atoms with Crippen molar-refractivity contribution in [2.75, 3.05) is 23.8 Å². The number of carbonyl (C=O) groups is 4. The molecule has 1 aromatic carbocycles. The topological polar surface area (TPSA) is 114 Å². The van der Waals surface area contributed by atoms with E-state index in [2.05, 4.69) is 10.6 Å². The first-order valence-electron chi connectivity index (χ1n) is 13.2. The average Bonchev–Trinajstić information content (AvgIpc) is 3.56. The summed E-state index contributed by atoms with van der Waals surface area (Å²) in [6.45, 7) is 9.83. The van der Waals surface area contributed by atoms with Gasteiger partial charge in [-0.3, -0.25) is 9.59 Å². The normalized spacial score (nSPS) is 13.6. The maximum Gasteiger partial charge on any atom is 0.410 e. The van der Waals surface area contributed by atoms with E-state index in [4.69, 9.17) is 9.47 Å². The maximum absolute atomic E-state index is 13.3. The molecular formula is C29H33N3O6S3. The Morgan fingerprint density at radius 1 is 1.12 bits per heavy atom. The van der Waals surface area contributed by atoms with Crippen LogP contribution < -0.4 is 10.6 Å². The van der Waals surface area contributed by atoms with Gasteiger partial charge in [0, 0.05) is 22.0 Å². The fourth-order valence-electron chi connectivity index (χ4n) is 4.11. The van der Waals surface area contributed by atoms with Crippen LogP contribution in [0, 0.1) is 0 Å². The van der Waals surface area contributed by atoms with Crippen molar-refractivity contribution in [2.45, 2.75) is 63.3 Å². The predicted octanol–water partition coefficient (Wildman–Crippen LogP) is 6.65. The number of carbonyl (C=O) groups excluding carboxylic acids is 4. The summed E-state index contributed by atoms with van der Waals surface area (Å²) in [5, 5.41) is 7.56. The first-order valence-corrected chi connectivity index (χ1v) is 15.7. The van der Waals surface area contributed by atoms with Gasteiger partial charge >= 0.3 is 12.1 Å². The third-order valence-electron chi connectivity index (χ3n) is 5.94. The van der Waals surface area contributed by atoms with Crippen LogP contribution in [0.3, 0.4) is 0 Å². The number of rotatable bonds is 8.